The number of hydrogen-bond acceptors (Lipinski definition) is 20. The Labute approximate surface area is 653 Å². The lowest BCUT2D eigenvalue weighted by atomic mass is 9.98. The van der Waals surface area contributed by atoms with Crippen LogP contribution in [0.25, 0.3) is 10.9 Å². The minimum atomic E-state index is -1.92. The Morgan fingerprint density at radius 3 is 1.57 bits per heavy atom. The number of carbonyl (C=O) groups excluding carboxylic acids is 14. The van der Waals surface area contributed by atoms with E-state index in [9.17, 15) is 97.1 Å². The number of H-pyrrole nitrogens is 1. The number of carboxylic acids is 2. The van der Waals surface area contributed by atoms with Crippen molar-refractivity contribution in [3.8, 4) is 5.75 Å². The number of rotatable bonds is 44. The number of hydrogen-bond donors (Lipinski definition) is 20. The van der Waals surface area contributed by atoms with E-state index >= 15 is 0 Å². The van der Waals surface area contributed by atoms with Crippen molar-refractivity contribution in [3.63, 3.8) is 0 Å². The molecule has 24 N–H and O–H groups in total. The zero-order valence-electron chi connectivity index (χ0n) is 65.0. The standard InChI is InChI=1S/C74H111N19O20/c1-36(2)29-48(82-55(97)33-75)62(101)81-35-56(98)83-50(30-41-20-22-43(95)23-21-41)72(111)93-28-14-18-52(93)65(104)89-60(39(7)8)69(108)90-59(38(5)6)67(106)84-46(17-12-26-79-74(77)78)63(102)85-47(24-25-57(99)100)71(110)92-27-13-19-53(92)66(105)91-61(40(9)94)70(109)86-49(32-54(76)96)64(103)88-58(37(3)4)68(107)87-51(73(112)113)31-42-34-80-45-16-11-10-15-44(42)45/h10-11,15-16,20-23,34,36-40,46-53,58-61,80,94-95H,12-14,17-19,24-33,35,75H2,1-9H3,(H2,76,96)(H,81,101)(H,82,97)(H,83,98)(H,84,106)(H,85,102)(H,86,109)(H,87,107)(H,88,103)(H,89,104)(H,90,108)(H,91,105)(H,99,100)(H,112,113)(H4,77,78,79)/t40-,46+,47+,48+,49+,50+,51+,52+,53+,58+,59+,60+,61+/m1/s1. The van der Waals surface area contributed by atoms with E-state index in [0.717, 1.165) is 17.3 Å². The van der Waals surface area contributed by atoms with Crippen LogP contribution in [-0.2, 0) is 89.6 Å². The molecule has 2 saturated heterocycles. The number of nitrogens with one attached hydrogen (secondary N) is 12. The summed E-state index contributed by atoms with van der Waals surface area (Å²) in [5.74, 6) is -18.3. The minimum absolute atomic E-state index is 0.00245. The van der Waals surface area contributed by atoms with Gasteiger partial charge in [0.15, 0.2) is 5.96 Å². The number of aliphatic hydroxyl groups excluding tert-OH is 1. The molecule has 39 heteroatoms. The number of benzene rings is 2. The topological polar surface area (TPSA) is 625 Å². The van der Waals surface area contributed by atoms with Crippen LogP contribution in [0, 0.1) is 23.7 Å². The van der Waals surface area contributed by atoms with Gasteiger partial charge in [-0.25, -0.2) is 4.79 Å². The number of aromatic nitrogens is 1. The molecule has 622 valence electrons. The molecule has 113 heavy (non-hydrogen) atoms. The highest BCUT2D eigenvalue weighted by Gasteiger charge is 2.44. The van der Waals surface area contributed by atoms with Gasteiger partial charge in [-0.15, -0.1) is 0 Å². The van der Waals surface area contributed by atoms with E-state index in [1.807, 2.05) is 13.8 Å². The number of aliphatic imine (C=N–C) groups is 1. The van der Waals surface area contributed by atoms with Gasteiger partial charge in [-0.2, -0.15) is 0 Å². The lowest BCUT2D eigenvalue weighted by molar-refractivity contribution is -0.144. The zero-order chi connectivity index (χ0) is 84.2. The number of phenols is 1. The third-order valence-corrected chi connectivity index (χ3v) is 19.0. The van der Waals surface area contributed by atoms with Crippen LogP contribution in [0.15, 0.2) is 59.7 Å². The predicted molar refractivity (Wildman–Crippen MR) is 409 cm³/mol. The molecular weight excluding hydrogens is 1470 g/mol. The van der Waals surface area contributed by atoms with E-state index in [0.29, 0.717) is 22.9 Å². The van der Waals surface area contributed by atoms with E-state index in [2.05, 4.69) is 68.5 Å². The van der Waals surface area contributed by atoms with Gasteiger partial charge >= 0.3 is 11.9 Å². The quantitative estimate of drug-likeness (QED) is 0.0145. The van der Waals surface area contributed by atoms with Gasteiger partial charge in [-0.3, -0.25) is 76.9 Å². The third-order valence-electron chi connectivity index (χ3n) is 19.0. The number of phenolic OH excluding ortho intramolecular Hbond substituents is 1. The second-order valence-electron chi connectivity index (χ2n) is 29.7. The van der Waals surface area contributed by atoms with Crippen molar-refractivity contribution in [1.29, 1.82) is 0 Å². The number of aromatic amines is 1. The maximum absolute atomic E-state index is 14.8. The van der Waals surface area contributed by atoms with E-state index < -0.39 is 217 Å². The third kappa shape index (κ3) is 28.3. The van der Waals surface area contributed by atoms with Crippen LogP contribution in [-0.4, -0.2) is 247 Å². The van der Waals surface area contributed by atoms with Crippen LogP contribution < -0.4 is 81.4 Å². The summed E-state index contributed by atoms with van der Waals surface area (Å²) in [6.45, 7) is 12.9. The molecule has 0 unspecified atom stereocenters. The Kier molecular flexibility index (Phi) is 35.8. The first-order valence-corrected chi connectivity index (χ1v) is 37.6. The first-order chi connectivity index (χ1) is 53.2. The van der Waals surface area contributed by atoms with Crippen molar-refractivity contribution in [2.24, 2.45) is 51.6 Å². The smallest absolute Gasteiger partial charge is 0.326 e. The molecule has 2 fully saturated rings. The van der Waals surface area contributed by atoms with Crippen LogP contribution in [0.1, 0.15) is 138 Å². The molecule has 0 bridgehead atoms. The summed E-state index contributed by atoms with van der Waals surface area (Å²) in [4.78, 5) is 229. The Hall–Kier alpha value is -11.5. The summed E-state index contributed by atoms with van der Waals surface area (Å²) in [7, 11) is 0. The monoisotopic (exact) mass is 1590 g/mol. The molecule has 39 nitrogen and oxygen atoms in total. The van der Waals surface area contributed by atoms with Gasteiger partial charge in [0.25, 0.3) is 0 Å². The van der Waals surface area contributed by atoms with Crippen LogP contribution >= 0.6 is 0 Å². The SMILES string of the molecule is CC(C)C[C@H](NC(=O)CN)C(=O)NCC(=O)N[C@@H](Cc1ccc(O)cc1)C(=O)N1CCC[C@H]1C(=O)N[C@H](C(=O)N[C@H](C(=O)N[C@@H](CCCN=C(N)N)C(=O)N[C@@H](CCC(=O)O)C(=O)N1CCC[C@H]1C(=O)N[C@H](C(=O)N[C@@H](CC(N)=O)C(=O)N[C@H](C(=O)N[C@@H](Cc1c[nH]c2ccccc12)C(=O)O)C(C)C)[C@@H](C)O)C(C)C)C(C)C. The molecule has 0 saturated carbocycles. The summed E-state index contributed by atoms with van der Waals surface area (Å²) in [6.07, 6.45) is -2.17. The minimum Gasteiger partial charge on any atom is -0.508 e. The lowest BCUT2D eigenvalue weighted by Crippen LogP contribution is -2.62. The van der Waals surface area contributed by atoms with Crippen molar-refractivity contribution in [1.82, 2.24) is 73.3 Å². The fraction of sp³-hybridized carbons (Fsp3) is 0.581. The van der Waals surface area contributed by atoms with Gasteiger partial charge in [-0.05, 0) is 111 Å². The molecule has 13 atom stereocenters. The predicted octanol–water partition coefficient (Wildman–Crippen LogP) is -4.16. The fourth-order valence-corrected chi connectivity index (χ4v) is 13.1. The van der Waals surface area contributed by atoms with E-state index in [1.54, 1.807) is 58.2 Å². The average molecular weight is 1590 g/mol. The largest absolute Gasteiger partial charge is 0.508 e. The maximum atomic E-state index is 14.8. The number of fused-ring (bicyclic) bond motifs is 1. The zero-order valence-corrected chi connectivity index (χ0v) is 65.0. The van der Waals surface area contributed by atoms with Crippen LogP contribution in [0.2, 0.25) is 0 Å². The molecule has 14 amide bonds. The molecule has 3 heterocycles. The van der Waals surface area contributed by atoms with Crippen LogP contribution in [0.4, 0.5) is 0 Å². The van der Waals surface area contributed by atoms with Crippen molar-refractivity contribution in [2.75, 3.05) is 32.7 Å². The number of nitrogens with zero attached hydrogens (tertiary/aromatic N) is 3. The number of primary amides is 1. The molecule has 0 spiro atoms. The highest BCUT2D eigenvalue weighted by atomic mass is 16.4. The number of nitrogens with two attached hydrogens (primary N) is 4. The number of para-hydroxylation sites is 1. The molecule has 0 aliphatic carbocycles. The maximum Gasteiger partial charge on any atom is 0.326 e. The number of aliphatic carboxylic acids is 2. The van der Waals surface area contributed by atoms with Gasteiger partial charge in [0.1, 0.15) is 78.3 Å². The normalized spacial score (nSPS) is 16.9. The second-order valence-corrected chi connectivity index (χ2v) is 29.7. The number of amides is 14. The first-order valence-electron chi connectivity index (χ1n) is 37.6. The van der Waals surface area contributed by atoms with E-state index in [4.69, 9.17) is 22.9 Å². The van der Waals surface area contributed by atoms with Gasteiger partial charge in [-0.1, -0.05) is 85.7 Å². The van der Waals surface area contributed by atoms with Crippen molar-refractivity contribution in [3.05, 3.63) is 65.9 Å². The number of guanidine groups is 1. The van der Waals surface area contributed by atoms with Crippen molar-refractivity contribution < 1.29 is 97.1 Å². The van der Waals surface area contributed by atoms with E-state index in [-0.39, 0.29) is 95.2 Å². The summed E-state index contributed by atoms with van der Waals surface area (Å²) in [6, 6.07) is -4.99. The van der Waals surface area contributed by atoms with Crippen LogP contribution in [0.5, 0.6) is 5.75 Å². The number of aromatic hydroxyl groups is 1. The first kappa shape index (κ1) is 92.1. The summed E-state index contributed by atoms with van der Waals surface area (Å²) in [5, 5.41) is 69.4. The van der Waals surface area contributed by atoms with Gasteiger partial charge < -0.3 is 117 Å². The van der Waals surface area contributed by atoms with Gasteiger partial charge in [0.05, 0.1) is 25.6 Å². The molecule has 2 aromatic carbocycles. The summed E-state index contributed by atoms with van der Waals surface area (Å²) in [5.41, 5.74) is 23.9. The number of carbonyl (C=O) groups is 16. The Morgan fingerprint density at radius 1 is 0.540 bits per heavy atom. The highest BCUT2D eigenvalue weighted by Crippen LogP contribution is 2.25. The number of likely N-dealkylation sites (tertiary alicyclic amines) is 2. The van der Waals surface area contributed by atoms with Crippen molar-refractivity contribution >= 4 is 112 Å². The fourth-order valence-electron chi connectivity index (χ4n) is 13.1. The van der Waals surface area contributed by atoms with E-state index in [1.165, 1.54) is 43.0 Å². The number of aliphatic hydroxyl groups is 1. The average Bonchev–Trinajstić information content (AvgIpc) is 1.74. The summed E-state index contributed by atoms with van der Waals surface area (Å²) >= 11 is 0. The highest BCUT2D eigenvalue weighted by molar-refractivity contribution is 6.01. The Bertz CT molecular complexity index is 3920. The van der Waals surface area contributed by atoms with Crippen LogP contribution in [0.3, 0.4) is 0 Å². The molecule has 0 radical (unpaired) electrons. The number of carboxylic acid groups (broad SMARTS) is 2. The van der Waals surface area contributed by atoms with Crippen molar-refractivity contribution in [2.45, 2.75) is 218 Å². The van der Waals surface area contributed by atoms with Gasteiger partial charge in [0, 0.05) is 56.0 Å². The molecule has 1 aromatic heterocycles. The molecule has 3 aromatic rings. The molecule has 5 rings (SSSR count). The Morgan fingerprint density at radius 2 is 1.04 bits per heavy atom. The van der Waals surface area contributed by atoms with Gasteiger partial charge in [0.2, 0.25) is 82.7 Å². The summed E-state index contributed by atoms with van der Waals surface area (Å²) < 4.78 is 0. The lowest BCUT2D eigenvalue weighted by Gasteiger charge is -2.32. The molecule has 2 aliphatic heterocycles. The second kappa shape index (κ2) is 43.9. The Balaban J connectivity index is 1.30. The molecular formula is C74H111N19O20. The molecule has 2 aliphatic rings.